The average Bonchev–Trinajstić information content (AvgIpc) is 3.09. The van der Waals surface area contributed by atoms with Gasteiger partial charge < -0.3 is 10.6 Å². The van der Waals surface area contributed by atoms with Crippen LogP contribution in [-0.4, -0.2) is 15.8 Å². The topological polar surface area (TPSA) is 59.0 Å². The smallest absolute Gasteiger partial charge is 0.319 e. The third-order valence-electron chi connectivity index (χ3n) is 3.84. The molecule has 1 aromatic heterocycles. The van der Waals surface area contributed by atoms with E-state index in [4.69, 9.17) is 0 Å². The Morgan fingerprint density at radius 3 is 2.54 bits per heavy atom. The Bertz CT molecular complexity index is 812. The number of aryl methyl sites for hydroxylation is 1. The molecule has 0 aliphatic heterocycles. The highest BCUT2D eigenvalue weighted by Gasteiger charge is 2.07. The van der Waals surface area contributed by atoms with Gasteiger partial charge in [0.15, 0.2) is 0 Å². The van der Waals surface area contributed by atoms with Crippen molar-refractivity contribution in [1.29, 1.82) is 0 Å². The quantitative estimate of drug-likeness (QED) is 0.755. The van der Waals surface area contributed by atoms with E-state index in [1.165, 1.54) is 0 Å². The first-order chi connectivity index (χ1) is 11.7. The van der Waals surface area contributed by atoms with E-state index in [1.54, 1.807) is 6.20 Å². The molecule has 0 fully saturated rings. The van der Waals surface area contributed by atoms with Crippen LogP contribution in [0.2, 0.25) is 0 Å². The van der Waals surface area contributed by atoms with E-state index in [1.807, 2.05) is 66.3 Å². The highest BCUT2D eigenvalue weighted by atomic mass is 16.2. The molecule has 24 heavy (non-hydrogen) atoms. The number of hydrogen-bond donors (Lipinski definition) is 2. The molecule has 2 amide bonds. The van der Waals surface area contributed by atoms with E-state index < -0.39 is 0 Å². The molecule has 1 heterocycles. The average molecular weight is 320 g/mol. The zero-order chi connectivity index (χ0) is 16.8. The molecule has 5 heteroatoms. The first-order valence-corrected chi connectivity index (χ1v) is 7.87. The van der Waals surface area contributed by atoms with Gasteiger partial charge in [-0.05, 0) is 35.7 Å². The van der Waals surface area contributed by atoms with Crippen LogP contribution in [0.1, 0.15) is 16.7 Å². The molecular formula is C19H20N4O. The van der Waals surface area contributed by atoms with E-state index >= 15 is 0 Å². The molecule has 0 radical (unpaired) electrons. The van der Waals surface area contributed by atoms with Gasteiger partial charge in [0, 0.05) is 24.6 Å². The van der Waals surface area contributed by atoms with Crippen LogP contribution in [0.3, 0.4) is 0 Å². The molecule has 3 aromatic rings. The fraction of sp³-hybridized carbons (Fsp3) is 0.158. The summed E-state index contributed by atoms with van der Waals surface area (Å²) in [6, 6.07) is 17.4. The van der Waals surface area contributed by atoms with Crippen molar-refractivity contribution in [3.05, 3.63) is 83.7 Å². The van der Waals surface area contributed by atoms with E-state index in [-0.39, 0.29) is 6.03 Å². The van der Waals surface area contributed by atoms with E-state index in [0.717, 1.165) is 22.4 Å². The second-order valence-corrected chi connectivity index (χ2v) is 5.59. The maximum atomic E-state index is 12.1. The molecular weight excluding hydrogens is 300 g/mol. The first kappa shape index (κ1) is 15.8. The third kappa shape index (κ3) is 4.01. The van der Waals surface area contributed by atoms with Gasteiger partial charge in [-0.2, -0.15) is 5.10 Å². The Morgan fingerprint density at radius 1 is 1.04 bits per heavy atom. The zero-order valence-electron chi connectivity index (χ0n) is 13.6. The van der Waals surface area contributed by atoms with Gasteiger partial charge in [-0.25, -0.2) is 4.79 Å². The fourth-order valence-corrected chi connectivity index (χ4v) is 2.51. The SMILES string of the molecule is Cc1ccccc1NC(=O)NCc1ccccc1Cn1cccn1. The molecule has 3 rings (SSSR count). The second-order valence-electron chi connectivity index (χ2n) is 5.59. The van der Waals surface area contributed by atoms with Gasteiger partial charge in [0.1, 0.15) is 0 Å². The van der Waals surface area contributed by atoms with Crippen molar-refractivity contribution in [3.63, 3.8) is 0 Å². The number of amides is 2. The van der Waals surface area contributed by atoms with Gasteiger partial charge in [0.2, 0.25) is 0 Å². The van der Waals surface area contributed by atoms with Crippen LogP contribution in [-0.2, 0) is 13.1 Å². The molecule has 0 aliphatic rings. The van der Waals surface area contributed by atoms with Gasteiger partial charge >= 0.3 is 6.03 Å². The van der Waals surface area contributed by atoms with Crippen molar-refractivity contribution < 1.29 is 4.79 Å². The highest BCUT2D eigenvalue weighted by molar-refractivity contribution is 5.89. The summed E-state index contributed by atoms with van der Waals surface area (Å²) in [5, 5.41) is 10.0. The summed E-state index contributed by atoms with van der Waals surface area (Å²) in [6.45, 7) is 3.12. The fourth-order valence-electron chi connectivity index (χ4n) is 2.51. The Balaban J connectivity index is 1.62. The summed E-state index contributed by atoms with van der Waals surface area (Å²) in [6.07, 6.45) is 3.69. The Hall–Kier alpha value is -3.08. The zero-order valence-corrected chi connectivity index (χ0v) is 13.6. The molecule has 5 nitrogen and oxygen atoms in total. The minimum Gasteiger partial charge on any atom is -0.334 e. The van der Waals surface area contributed by atoms with Crippen molar-refractivity contribution in [2.45, 2.75) is 20.0 Å². The predicted molar refractivity (Wildman–Crippen MR) is 94.8 cm³/mol. The number of anilines is 1. The molecule has 0 aliphatic carbocycles. The van der Waals surface area contributed by atoms with E-state index in [9.17, 15) is 4.79 Å². The molecule has 0 spiro atoms. The predicted octanol–water partition coefficient (Wildman–Crippen LogP) is 3.56. The summed E-state index contributed by atoms with van der Waals surface area (Å²) >= 11 is 0. The Labute approximate surface area is 141 Å². The highest BCUT2D eigenvalue weighted by Crippen LogP contribution is 2.13. The largest absolute Gasteiger partial charge is 0.334 e. The van der Waals surface area contributed by atoms with Crippen molar-refractivity contribution >= 4 is 11.7 Å². The number of urea groups is 1. The van der Waals surface area contributed by atoms with Crippen LogP contribution in [0.25, 0.3) is 0 Å². The number of rotatable bonds is 5. The van der Waals surface area contributed by atoms with Crippen molar-refractivity contribution in [3.8, 4) is 0 Å². The summed E-state index contributed by atoms with van der Waals surface area (Å²) in [7, 11) is 0. The molecule has 0 bridgehead atoms. The van der Waals surface area contributed by atoms with Crippen LogP contribution in [0.15, 0.2) is 67.0 Å². The summed E-state index contributed by atoms with van der Waals surface area (Å²) in [5.41, 5.74) is 4.07. The summed E-state index contributed by atoms with van der Waals surface area (Å²) in [5.74, 6) is 0. The van der Waals surface area contributed by atoms with Crippen LogP contribution in [0.5, 0.6) is 0 Å². The van der Waals surface area contributed by atoms with E-state index in [2.05, 4.69) is 21.8 Å². The summed E-state index contributed by atoms with van der Waals surface area (Å²) in [4.78, 5) is 12.1. The molecule has 0 saturated heterocycles. The van der Waals surface area contributed by atoms with Crippen LogP contribution < -0.4 is 10.6 Å². The number of para-hydroxylation sites is 1. The van der Waals surface area contributed by atoms with Crippen LogP contribution in [0.4, 0.5) is 10.5 Å². The minimum atomic E-state index is -0.210. The normalized spacial score (nSPS) is 10.4. The number of aromatic nitrogens is 2. The van der Waals surface area contributed by atoms with Crippen LogP contribution >= 0.6 is 0 Å². The molecule has 2 aromatic carbocycles. The summed E-state index contributed by atoms with van der Waals surface area (Å²) < 4.78 is 1.87. The Morgan fingerprint density at radius 2 is 1.79 bits per heavy atom. The van der Waals surface area contributed by atoms with Crippen LogP contribution in [0, 0.1) is 6.92 Å². The maximum absolute atomic E-state index is 12.1. The van der Waals surface area contributed by atoms with Gasteiger partial charge in [-0.3, -0.25) is 4.68 Å². The van der Waals surface area contributed by atoms with E-state index in [0.29, 0.717) is 13.1 Å². The second kappa shape index (κ2) is 7.46. The lowest BCUT2D eigenvalue weighted by Crippen LogP contribution is -2.29. The lowest BCUT2D eigenvalue weighted by Gasteiger charge is -2.12. The standard InChI is InChI=1S/C19H20N4O/c1-15-7-2-5-10-18(15)22-19(24)20-13-16-8-3-4-9-17(16)14-23-12-6-11-21-23/h2-12H,13-14H2,1H3,(H2,20,22,24). The van der Waals surface area contributed by atoms with Gasteiger partial charge in [-0.1, -0.05) is 42.5 Å². The van der Waals surface area contributed by atoms with Gasteiger partial charge in [0.05, 0.1) is 6.54 Å². The number of nitrogens with one attached hydrogen (secondary N) is 2. The first-order valence-electron chi connectivity index (χ1n) is 7.87. The molecule has 0 unspecified atom stereocenters. The molecule has 0 atom stereocenters. The van der Waals surface area contributed by atoms with Crippen molar-refractivity contribution in [2.24, 2.45) is 0 Å². The Kier molecular flexibility index (Phi) is 4.91. The number of benzene rings is 2. The molecule has 2 N–H and O–H groups in total. The number of nitrogens with zero attached hydrogens (tertiary/aromatic N) is 2. The lowest BCUT2D eigenvalue weighted by molar-refractivity contribution is 0.251. The maximum Gasteiger partial charge on any atom is 0.319 e. The molecule has 122 valence electrons. The van der Waals surface area contributed by atoms with Gasteiger partial charge in [-0.15, -0.1) is 0 Å². The van der Waals surface area contributed by atoms with Crippen molar-refractivity contribution in [2.75, 3.05) is 5.32 Å². The van der Waals surface area contributed by atoms with Crippen molar-refractivity contribution in [1.82, 2.24) is 15.1 Å². The minimum absolute atomic E-state index is 0.210. The number of carbonyl (C=O) groups is 1. The lowest BCUT2D eigenvalue weighted by atomic mass is 10.1. The number of hydrogen-bond acceptors (Lipinski definition) is 2. The number of carbonyl (C=O) groups excluding carboxylic acids is 1. The third-order valence-corrected chi connectivity index (χ3v) is 3.84. The monoisotopic (exact) mass is 320 g/mol. The van der Waals surface area contributed by atoms with Gasteiger partial charge in [0.25, 0.3) is 0 Å². The molecule has 0 saturated carbocycles.